The lowest BCUT2D eigenvalue weighted by Crippen LogP contribution is -2.23. The highest BCUT2D eigenvalue weighted by atomic mass is 16.6. The Labute approximate surface area is 121 Å². The summed E-state index contributed by atoms with van der Waals surface area (Å²) in [6.07, 6.45) is 1.05. The minimum Gasteiger partial charge on any atom is -0.377 e. The fourth-order valence-electron chi connectivity index (χ4n) is 1.65. The van der Waals surface area contributed by atoms with Gasteiger partial charge >= 0.3 is 0 Å². The predicted octanol–water partition coefficient (Wildman–Crippen LogP) is 0.878. The molecule has 6 nitrogen and oxygen atoms in total. The molecule has 0 bridgehead atoms. The third-order valence-electron chi connectivity index (χ3n) is 2.83. The minimum absolute atomic E-state index is 0.122. The van der Waals surface area contributed by atoms with Crippen LogP contribution in [0.25, 0.3) is 0 Å². The van der Waals surface area contributed by atoms with Gasteiger partial charge in [-0.1, -0.05) is 6.92 Å². The molecule has 1 aliphatic rings. The quantitative estimate of drug-likeness (QED) is 0.715. The lowest BCUT2D eigenvalue weighted by atomic mass is 10.3. The van der Waals surface area contributed by atoms with Gasteiger partial charge in [-0.3, -0.25) is 0 Å². The molecule has 1 heterocycles. The van der Waals surface area contributed by atoms with Crippen LogP contribution in [0.1, 0.15) is 13.3 Å². The van der Waals surface area contributed by atoms with E-state index in [2.05, 4.69) is 6.92 Å². The minimum atomic E-state index is 0.122. The van der Waals surface area contributed by atoms with Gasteiger partial charge in [0, 0.05) is 0 Å². The third kappa shape index (κ3) is 10.5. The van der Waals surface area contributed by atoms with Crippen LogP contribution in [0, 0.1) is 0 Å². The van der Waals surface area contributed by atoms with Gasteiger partial charge in [-0.2, -0.15) is 0 Å². The first-order valence-electron chi connectivity index (χ1n) is 7.43. The van der Waals surface area contributed by atoms with E-state index in [4.69, 9.17) is 28.4 Å². The molecule has 0 spiro atoms. The largest absolute Gasteiger partial charge is 0.377 e. The maximum Gasteiger partial charge on any atom is 0.0807 e. The van der Waals surface area contributed by atoms with Gasteiger partial charge < -0.3 is 28.4 Å². The van der Waals surface area contributed by atoms with E-state index in [1.54, 1.807) is 0 Å². The van der Waals surface area contributed by atoms with Crippen LogP contribution in [-0.2, 0) is 28.4 Å². The van der Waals surface area contributed by atoms with Gasteiger partial charge in [0.25, 0.3) is 0 Å². The van der Waals surface area contributed by atoms with Crippen molar-refractivity contribution < 1.29 is 28.4 Å². The van der Waals surface area contributed by atoms with Crippen LogP contribution in [0.5, 0.6) is 0 Å². The van der Waals surface area contributed by atoms with Crippen molar-refractivity contribution in [2.75, 3.05) is 72.7 Å². The van der Waals surface area contributed by atoms with Gasteiger partial charge in [0.15, 0.2) is 0 Å². The number of hydrogen-bond donors (Lipinski definition) is 0. The van der Waals surface area contributed by atoms with E-state index in [0.717, 1.165) is 6.42 Å². The van der Waals surface area contributed by atoms with Crippen molar-refractivity contribution in [3.05, 3.63) is 0 Å². The molecule has 1 aliphatic heterocycles. The molecule has 1 rings (SSSR count). The fraction of sp³-hybridized carbons (Fsp3) is 1.00. The van der Waals surface area contributed by atoms with Crippen LogP contribution in [0.15, 0.2) is 0 Å². The number of ether oxygens (including phenoxy) is 6. The lowest BCUT2D eigenvalue weighted by Gasteiger charge is -2.16. The smallest absolute Gasteiger partial charge is 0.0807 e. The topological polar surface area (TPSA) is 55.4 Å². The van der Waals surface area contributed by atoms with E-state index in [0.29, 0.717) is 72.7 Å². The Bertz CT molecular complexity index is 184. The van der Waals surface area contributed by atoms with E-state index < -0.39 is 0 Å². The average molecular weight is 292 g/mol. The van der Waals surface area contributed by atoms with E-state index in [1.807, 2.05) is 0 Å². The zero-order chi connectivity index (χ0) is 14.3. The highest BCUT2D eigenvalue weighted by molar-refractivity contribution is 4.53. The Morgan fingerprint density at radius 3 is 1.45 bits per heavy atom. The molecule has 0 aromatic carbocycles. The molecule has 0 radical (unpaired) electrons. The van der Waals surface area contributed by atoms with E-state index >= 15 is 0 Å². The second kappa shape index (κ2) is 13.7. The van der Waals surface area contributed by atoms with Crippen molar-refractivity contribution >= 4 is 0 Å². The Morgan fingerprint density at radius 1 is 0.600 bits per heavy atom. The molecule has 0 aromatic rings. The lowest BCUT2D eigenvalue weighted by molar-refractivity contribution is -0.0610. The Hall–Kier alpha value is -0.240. The van der Waals surface area contributed by atoms with Crippen molar-refractivity contribution in [2.24, 2.45) is 0 Å². The highest BCUT2D eigenvalue weighted by Gasteiger charge is 2.06. The van der Waals surface area contributed by atoms with E-state index in [9.17, 15) is 0 Å². The van der Waals surface area contributed by atoms with Crippen LogP contribution in [0.3, 0.4) is 0 Å². The monoisotopic (exact) mass is 292 g/mol. The highest BCUT2D eigenvalue weighted by Crippen LogP contribution is 1.99. The standard InChI is InChI=1S/C14H28O6/c1-2-14-13-19-10-9-17-6-5-15-3-4-16-7-8-18-11-12-20-14/h14H,2-13H2,1H3. The molecule has 0 N–H and O–H groups in total. The molecule has 1 fully saturated rings. The first-order valence-corrected chi connectivity index (χ1v) is 7.43. The fourth-order valence-corrected chi connectivity index (χ4v) is 1.65. The molecular weight excluding hydrogens is 264 g/mol. The second-order valence-electron chi connectivity index (χ2n) is 4.43. The summed E-state index contributed by atoms with van der Waals surface area (Å²) in [7, 11) is 0. The zero-order valence-electron chi connectivity index (χ0n) is 12.5. The van der Waals surface area contributed by atoms with Gasteiger partial charge in [-0.15, -0.1) is 0 Å². The summed E-state index contributed by atoms with van der Waals surface area (Å²) in [6, 6.07) is 0. The van der Waals surface area contributed by atoms with Gasteiger partial charge in [-0.25, -0.2) is 0 Å². The van der Waals surface area contributed by atoms with Crippen LogP contribution >= 0.6 is 0 Å². The van der Waals surface area contributed by atoms with Crippen LogP contribution in [-0.4, -0.2) is 78.8 Å². The van der Waals surface area contributed by atoms with Gasteiger partial charge in [0.1, 0.15) is 0 Å². The Kier molecular flexibility index (Phi) is 12.2. The Balaban J connectivity index is 2.14. The summed E-state index contributed by atoms with van der Waals surface area (Å²) < 4.78 is 32.8. The van der Waals surface area contributed by atoms with Crippen LogP contribution < -0.4 is 0 Å². The van der Waals surface area contributed by atoms with Crippen molar-refractivity contribution in [3.63, 3.8) is 0 Å². The second-order valence-corrected chi connectivity index (χ2v) is 4.43. The van der Waals surface area contributed by atoms with Crippen molar-refractivity contribution in [3.8, 4) is 0 Å². The summed E-state index contributed by atoms with van der Waals surface area (Å²) in [6.45, 7) is 8.52. The third-order valence-corrected chi connectivity index (χ3v) is 2.83. The van der Waals surface area contributed by atoms with Crippen LogP contribution in [0.4, 0.5) is 0 Å². The summed E-state index contributed by atoms with van der Waals surface area (Å²) in [5.74, 6) is 0. The summed E-state index contributed by atoms with van der Waals surface area (Å²) in [5, 5.41) is 0. The van der Waals surface area contributed by atoms with E-state index in [-0.39, 0.29) is 6.10 Å². The normalized spacial score (nSPS) is 26.6. The summed E-state index contributed by atoms with van der Waals surface area (Å²) >= 11 is 0. The first-order chi connectivity index (χ1) is 9.93. The van der Waals surface area contributed by atoms with Gasteiger partial charge in [0.2, 0.25) is 0 Å². The molecule has 6 heteroatoms. The number of hydrogen-bond acceptors (Lipinski definition) is 6. The van der Waals surface area contributed by atoms with Gasteiger partial charge in [-0.05, 0) is 6.42 Å². The predicted molar refractivity (Wildman–Crippen MR) is 74.1 cm³/mol. The molecule has 1 unspecified atom stereocenters. The van der Waals surface area contributed by atoms with Crippen molar-refractivity contribution in [1.29, 1.82) is 0 Å². The molecule has 1 saturated heterocycles. The van der Waals surface area contributed by atoms with Crippen molar-refractivity contribution in [1.82, 2.24) is 0 Å². The maximum atomic E-state index is 5.69. The molecule has 0 aromatic heterocycles. The summed E-state index contributed by atoms with van der Waals surface area (Å²) in [4.78, 5) is 0. The molecule has 120 valence electrons. The molecule has 20 heavy (non-hydrogen) atoms. The average Bonchev–Trinajstić information content (AvgIpc) is 2.47. The van der Waals surface area contributed by atoms with Gasteiger partial charge in [0.05, 0.1) is 78.8 Å². The van der Waals surface area contributed by atoms with Crippen LogP contribution in [0.2, 0.25) is 0 Å². The molecule has 0 saturated carbocycles. The zero-order valence-corrected chi connectivity index (χ0v) is 12.5. The molecule has 0 aliphatic carbocycles. The first kappa shape index (κ1) is 17.8. The molecule has 1 atom stereocenters. The molecule has 0 amide bonds. The maximum absolute atomic E-state index is 5.69. The SMILES string of the molecule is CCC1COCCOCCOCCOCCOCCO1. The number of rotatable bonds is 1. The molecular formula is C14H28O6. The summed E-state index contributed by atoms with van der Waals surface area (Å²) in [5.41, 5.74) is 0. The van der Waals surface area contributed by atoms with E-state index in [1.165, 1.54) is 0 Å². The van der Waals surface area contributed by atoms with Crippen molar-refractivity contribution in [2.45, 2.75) is 19.4 Å². The Morgan fingerprint density at radius 2 is 1.00 bits per heavy atom.